The molecule has 0 radical (unpaired) electrons. The average Bonchev–Trinajstić information content (AvgIpc) is 2.88. The van der Waals surface area contributed by atoms with Crippen LogP contribution in [0.4, 0.5) is 0 Å². The van der Waals surface area contributed by atoms with Gasteiger partial charge in [-0.1, -0.05) is 0 Å². The van der Waals surface area contributed by atoms with Gasteiger partial charge >= 0.3 is 0 Å². The number of nitrogens with zero attached hydrogens (tertiary/aromatic N) is 3. The molecule has 0 atom stereocenters. The minimum Gasteiger partial charge on any atom is -0.352 e. The molecular weight excluding hydrogens is 296 g/mol. The quantitative estimate of drug-likeness (QED) is 0.677. The molecule has 6 heteroatoms. The van der Waals surface area contributed by atoms with Gasteiger partial charge in [0.15, 0.2) is 0 Å². The molecule has 1 N–H and O–H groups in total. The molecule has 0 fully saturated rings. The molecule has 2 aromatic rings. The van der Waals surface area contributed by atoms with Gasteiger partial charge in [-0.2, -0.15) is 5.10 Å². The van der Waals surface area contributed by atoms with Crippen molar-refractivity contribution in [2.75, 3.05) is 6.54 Å². The molecule has 0 saturated carbocycles. The second kappa shape index (κ2) is 6.30. The predicted molar refractivity (Wildman–Crippen MR) is 71.1 cm³/mol. The van der Waals surface area contributed by atoms with Crippen LogP contribution in [0, 0.1) is 0 Å². The number of amides is 1. The standard InChI is InChI=1S/C12H13BrN4O/c13-11-10(4-1-5-14-11)12(18)15-6-2-8-17-9-3-7-16-17/h1,3-5,7,9H,2,6,8H2,(H,15,18). The van der Waals surface area contributed by atoms with E-state index < -0.39 is 0 Å². The monoisotopic (exact) mass is 308 g/mol. The Hall–Kier alpha value is -1.69. The van der Waals surface area contributed by atoms with Crippen LogP contribution in [0.3, 0.4) is 0 Å². The Labute approximate surface area is 113 Å². The van der Waals surface area contributed by atoms with Gasteiger partial charge in [0, 0.05) is 31.7 Å². The molecule has 0 aromatic carbocycles. The van der Waals surface area contributed by atoms with Crippen molar-refractivity contribution < 1.29 is 4.79 Å². The number of pyridine rings is 1. The third-order valence-corrected chi connectivity index (χ3v) is 3.04. The summed E-state index contributed by atoms with van der Waals surface area (Å²) in [6, 6.07) is 5.36. The molecule has 2 heterocycles. The minimum atomic E-state index is -0.115. The fraction of sp³-hybridized carbons (Fsp3) is 0.250. The number of carbonyl (C=O) groups is 1. The van der Waals surface area contributed by atoms with E-state index in [4.69, 9.17) is 0 Å². The molecule has 0 aliphatic heterocycles. The summed E-state index contributed by atoms with van der Waals surface area (Å²) in [5, 5.41) is 6.94. The van der Waals surface area contributed by atoms with Crippen molar-refractivity contribution >= 4 is 21.8 Å². The Balaban J connectivity index is 1.77. The van der Waals surface area contributed by atoms with Gasteiger partial charge < -0.3 is 5.32 Å². The van der Waals surface area contributed by atoms with E-state index >= 15 is 0 Å². The smallest absolute Gasteiger partial charge is 0.254 e. The summed E-state index contributed by atoms with van der Waals surface area (Å²) in [4.78, 5) is 15.8. The van der Waals surface area contributed by atoms with E-state index in [-0.39, 0.29) is 5.91 Å². The lowest BCUT2D eigenvalue weighted by Gasteiger charge is -2.06. The average molecular weight is 309 g/mol. The van der Waals surface area contributed by atoms with Crippen LogP contribution < -0.4 is 5.32 Å². The molecule has 0 spiro atoms. The van der Waals surface area contributed by atoms with Crippen molar-refractivity contribution in [2.24, 2.45) is 0 Å². The van der Waals surface area contributed by atoms with Crippen LogP contribution in [0.2, 0.25) is 0 Å². The molecule has 0 aliphatic rings. The topological polar surface area (TPSA) is 59.8 Å². The van der Waals surface area contributed by atoms with Gasteiger partial charge in [0.25, 0.3) is 5.91 Å². The number of aromatic nitrogens is 3. The van der Waals surface area contributed by atoms with E-state index in [1.807, 2.05) is 16.9 Å². The molecule has 94 valence electrons. The van der Waals surface area contributed by atoms with E-state index in [1.54, 1.807) is 24.5 Å². The van der Waals surface area contributed by atoms with E-state index in [0.29, 0.717) is 16.7 Å². The Bertz CT molecular complexity index is 513. The molecule has 5 nitrogen and oxygen atoms in total. The van der Waals surface area contributed by atoms with Crippen molar-refractivity contribution in [3.05, 3.63) is 47.0 Å². The van der Waals surface area contributed by atoms with Crippen molar-refractivity contribution in [3.63, 3.8) is 0 Å². The second-order valence-electron chi connectivity index (χ2n) is 3.72. The van der Waals surface area contributed by atoms with Gasteiger partial charge in [-0.05, 0) is 40.5 Å². The van der Waals surface area contributed by atoms with E-state index in [1.165, 1.54) is 0 Å². The van der Waals surface area contributed by atoms with Crippen LogP contribution in [-0.2, 0) is 6.54 Å². The van der Waals surface area contributed by atoms with Crippen LogP contribution in [-0.4, -0.2) is 27.2 Å². The largest absolute Gasteiger partial charge is 0.352 e. The number of rotatable bonds is 5. The summed E-state index contributed by atoms with van der Waals surface area (Å²) in [5.74, 6) is -0.115. The Morgan fingerprint density at radius 1 is 1.39 bits per heavy atom. The lowest BCUT2D eigenvalue weighted by atomic mass is 10.2. The van der Waals surface area contributed by atoms with Crippen molar-refractivity contribution in [1.82, 2.24) is 20.1 Å². The van der Waals surface area contributed by atoms with Crippen molar-refractivity contribution in [3.8, 4) is 0 Å². The first-order valence-electron chi connectivity index (χ1n) is 5.63. The molecule has 1 amide bonds. The molecule has 18 heavy (non-hydrogen) atoms. The number of carbonyl (C=O) groups excluding carboxylic acids is 1. The van der Waals surface area contributed by atoms with E-state index in [9.17, 15) is 4.79 Å². The molecule has 2 rings (SSSR count). The molecule has 0 bridgehead atoms. The van der Waals surface area contributed by atoms with Crippen LogP contribution >= 0.6 is 15.9 Å². The van der Waals surface area contributed by atoms with Gasteiger partial charge in [0.1, 0.15) is 4.60 Å². The number of hydrogen-bond acceptors (Lipinski definition) is 3. The first-order chi connectivity index (χ1) is 8.77. The van der Waals surface area contributed by atoms with Gasteiger partial charge in [-0.25, -0.2) is 4.98 Å². The highest BCUT2D eigenvalue weighted by atomic mass is 79.9. The van der Waals surface area contributed by atoms with Crippen molar-refractivity contribution in [1.29, 1.82) is 0 Å². The second-order valence-corrected chi connectivity index (χ2v) is 4.47. The number of aryl methyl sites for hydroxylation is 1. The van der Waals surface area contributed by atoms with Crippen molar-refractivity contribution in [2.45, 2.75) is 13.0 Å². The van der Waals surface area contributed by atoms with Gasteiger partial charge in [0.05, 0.1) is 5.56 Å². The lowest BCUT2D eigenvalue weighted by Crippen LogP contribution is -2.25. The number of nitrogens with one attached hydrogen (secondary N) is 1. The maximum absolute atomic E-state index is 11.8. The summed E-state index contributed by atoms with van der Waals surface area (Å²) >= 11 is 3.25. The minimum absolute atomic E-state index is 0.115. The summed E-state index contributed by atoms with van der Waals surface area (Å²) in [6.07, 6.45) is 6.12. The first kappa shape index (κ1) is 12.8. The first-order valence-corrected chi connectivity index (χ1v) is 6.43. The molecule has 0 unspecified atom stereocenters. The summed E-state index contributed by atoms with van der Waals surface area (Å²) in [7, 11) is 0. The van der Waals surface area contributed by atoms with Gasteiger partial charge in [-0.15, -0.1) is 0 Å². The highest BCUT2D eigenvalue weighted by molar-refractivity contribution is 9.10. The summed E-state index contributed by atoms with van der Waals surface area (Å²) < 4.78 is 2.40. The molecule has 2 aromatic heterocycles. The van der Waals surface area contributed by atoms with Crippen LogP contribution in [0.15, 0.2) is 41.4 Å². The lowest BCUT2D eigenvalue weighted by molar-refractivity contribution is 0.0951. The van der Waals surface area contributed by atoms with Gasteiger partial charge in [-0.3, -0.25) is 9.48 Å². The Kier molecular flexibility index (Phi) is 4.46. The Morgan fingerprint density at radius 2 is 2.28 bits per heavy atom. The van der Waals surface area contributed by atoms with Crippen LogP contribution in [0.25, 0.3) is 0 Å². The molecule has 0 aliphatic carbocycles. The molecular formula is C12H13BrN4O. The van der Waals surface area contributed by atoms with E-state index in [0.717, 1.165) is 13.0 Å². The zero-order valence-electron chi connectivity index (χ0n) is 9.71. The third kappa shape index (κ3) is 3.40. The zero-order chi connectivity index (χ0) is 12.8. The third-order valence-electron chi connectivity index (χ3n) is 2.41. The number of halogens is 1. The summed E-state index contributed by atoms with van der Waals surface area (Å²) in [5.41, 5.74) is 0.552. The summed E-state index contributed by atoms with van der Waals surface area (Å²) in [6.45, 7) is 1.40. The van der Waals surface area contributed by atoms with Gasteiger partial charge in [0.2, 0.25) is 0 Å². The highest BCUT2D eigenvalue weighted by Crippen LogP contribution is 2.11. The highest BCUT2D eigenvalue weighted by Gasteiger charge is 2.08. The molecule has 0 saturated heterocycles. The fourth-order valence-electron chi connectivity index (χ4n) is 1.53. The SMILES string of the molecule is O=C(NCCCn1cccn1)c1cccnc1Br. The van der Waals surface area contributed by atoms with E-state index in [2.05, 4.69) is 31.3 Å². The normalized spacial score (nSPS) is 10.3. The van der Waals surface area contributed by atoms with Crippen LogP contribution in [0.5, 0.6) is 0 Å². The zero-order valence-corrected chi connectivity index (χ0v) is 11.3. The van der Waals surface area contributed by atoms with Crippen LogP contribution in [0.1, 0.15) is 16.8 Å². The predicted octanol–water partition coefficient (Wildman–Crippen LogP) is 1.86. The fourth-order valence-corrected chi connectivity index (χ4v) is 1.96. The Morgan fingerprint density at radius 3 is 3.00 bits per heavy atom. The number of hydrogen-bond donors (Lipinski definition) is 1. The maximum Gasteiger partial charge on any atom is 0.254 e. The maximum atomic E-state index is 11.8.